The Morgan fingerprint density at radius 1 is 1.38 bits per heavy atom. The van der Waals surface area contributed by atoms with Gasteiger partial charge in [0.05, 0.1) is 0 Å². The van der Waals surface area contributed by atoms with E-state index >= 15 is 0 Å². The molecule has 0 radical (unpaired) electrons. The Morgan fingerprint density at radius 2 is 2.14 bits per heavy atom. The lowest BCUT2D eigenvalue weighted by Crippen LogP contribution is -2.35. The monoisotopic (exact) mass is 290 g/mol. The summed E-state index contributed by atoms with van der Waals surface area (Å²) in [7, 11) is 0. The molecule has 0 bridgehead atoms. The maximum absolute atomic E-state index is 4.78. The number of aryl methyl sites for hydroxylation is 1. The maximum atomic E-state index is 4.78. The van der Waals surface area contributed by atoms with Gasteiger partial charge in [-0.1, -0.05) is 20.8 Å². The van der Waals surface area contributed by atoms with Crippen molar-refractivity contribution in [1.29, 1.82) is 0 Å². The fraction of sp³-hybridized carbons (Fsp3) is 0.765. The van der Waals surface area contributed by atoms with Crippen molar-refractivity contribution in [3.8, 4) is 0 Å². The third kappa shape index (κ3) is 3.94. The van der Waals surface area contributed by atoms with Gasteiger partial charge in [-0.25, -0.2) is 9.97 Å². The van der Waals surface area contributed by atoms with Crippen LogP contribution >= 0.6 is 0 Å². The van der Waals surface area contributed by atoms with Crippen LogP contribution in [0, 0.1) is 12.8 Å². The van der Waals surface area contributed by atoms with Crippen LogP contribution in [-0.2, 0) is 6.54 Å². The third-order valence-corrected chi connectivity index (χ3v) is 4.42. The van der Waals surface area contributed by atoms with E-state index < -0.39 is 0 Å². The van der Waals surface area contributed by atoms with Crippen LogP contribution < -0.4 is 10.2 Å². The number of hydrogen-bond donors (Lipinski definition) is 1. The van der Waals surface area contributed by atoms with E-state index in [9.17, 15) is 0 Å². The summed E-state index contributed by atoms with van der Waals surface area (Å²) in [6, 6.07) is 1.16. The standard InChI is InChI=1S/C17H30N4/c1-6-16-8-7-13(4)21(16)17-19-11-15(14(5)20-17)10-18-9-12(2)3/h11-13,16,18H,6-10H2,1-5H3. The number of nitrogens with zero attached hydrogens (tertiary/aromatic N) is 3. The highest BCUT2D eigenvalue weighted by Crippen LogP contribution is 2.29. The van der Waals surface area contributed by atoms with E-state index in [2.05, 4.69) is 49.8 Å². The molecule has 1 aromatic rings. The number of hydrogen-bond acceptors (Lipinski definition) is 4. The summed E-state index contributed by atoms with van der Waals surface area (Å²) in [5.41, 5.74) is 2.31. The Balaban J connectivity index is 2.07. The van der Waals surface area contributed by atoms with Gasteiger partial charge in [0.2, 0.25) is 5.95 Å². The molecule has 1 aromatic heterocycles. The average molecular weight is 290 g/mol. The third-order valence-electron chi connectivity index (χ3n) is 4.42. The first-order chi connectivity index (χ1) is 10.0. The van der Waals surface area contributed by atoms with E-state index in [1.54, 1.807) is 0 Å². The van der Waals surface area contributed by atoms with Gasteiger partial charge in [-0.15, -0.1) is 0 Å². The van der Waals surface area contributed by atoms with Crippen LogP contribution in [-0.4, -0.2) is 28.6 Å². The lowest BCUT2D eigenvalue weighted by atomic mass is 10.1. The lowest BCUT2D eigenvalue weighted by molar-refractivity contribution is 0.549. The molecule has 0 amide bonds. The van der Waals surface area contributed by atoms with Crippen molar-refractivity contribution >= 4 is 5.95 Å². The molecule has 0 aromatic carbocycles. The van der Waals surface area contributed by atoms with Gasteiger partial charge in [-0.3, -0.25) is 0 Å². The molecule has 1 aliphatic heterocycles. The zero-order valence-corrected chi connectivity index (χ0v) is 14.2. The summed E-state index contributed by atoms with van der Waals surface area (Å²) >= 11 is 0. The Morgan fingerprint density at radius 3 is 2.76 bits per heavy atom. The van der Waals surface area contributed by atoms with Crippen molar-refractivity contribution in [3.05, 3.63) is 17.5 Å². The average Bonchev–Trinajstić information content (AvgIpc) is 2.81. The Bertz CT molecular complexity index is 458. The highest BCUT2D eigenvalue weighted by Gasteiger charge is 2.31. The van der Waals surface area contributed by atoms with Crippen molar-refractivity contribution in [1.82, 2.24) is 15.3 Å². The minimum atomic E-state index is 0.555. The molecular weight excluding hydrogens is 260 g/mol. The second kappa shape index (κ2) is 7.21. The zero-order chi connectivity index (χ0) is 15.4. The summed E-state index contributed by atoms with van der Waals surface area (Å²) in [5.74, 6) is 1.58. The van der Waals surface area contributed by atoms with Crippen molar-refractivity contribution in [2.45, 2.75) is 72.5 Å². The molecule has 2 rings (SSSR count). The fourth-order valence-electron chi connectivity index (χ4n) is 3.11. The van der Waals surface area contributed by atoms with Crippen LogP contribution in [0.2, 0.25) is 0 Å². The molecule has 0 spiro atoms. The minimum Gasteiger partial charge on any atom is -0.335 e. The second-order valence-corrected chi connectivity index (χ2v) is 6.70. The number of anilines is 1. The SMILES string of the molecule is CCC1CCC(C)N1c1ncc(CNCC(C)C)c(C)n1. The van der Waals surface area contributed by atoms with Crippen LogP contribution in [0.15, 0.2) is 6.20 Å². The van der Waals surface area contributed by atoms with Gasteiger partial charge in [0.25, 0.3) is 0 Å². The summed E-state index contributed by atoms with van der Waals surface area (Å²) in [5, 5.41) is 3.47. The molecule has 2 atom stereocenters. The Kier molecular flexibility index (Phi) is 5.57. The molecule has 2 unspecified atom stereocenters. The van der Waals surface area contributed by atoms with Gasteiger partial charge < -0.3 is 10.2 Å². The van der Waals surface area contributed by atoms with E-state index in [0.717, 1.165) is 24.7 Å². The molecule has 21 heavy (non-hydrogen) atoms. The quantitative estimate of drug-likeness (QED) is 0.873. The van der Waals surface area contributed by atoms with Crippen LogP contribution in [0.3, 0.4) is 0 Å². The molecule has 1 saturated heterocycles. The van der Waals surface area contributed by atoms with Crippen LogP contribution in [0.1, 0.15) is 58.2 Å². The molecule has 4 nitrogen and oxygen atoms in total. The van der Waals surface area contributed by atoms with Gasteiger partial charge in [0.1, 0.15) is 0 Å². The fourth-order valence-corrected chi connectivity index (χ4v) is 3.11. The van der Waals surface area contributed by atoms with Crippen molar-refractivity contribution < 1.29 is 0 Å². The predicted molar refractivity (Wildman–Crippen MR) is 88.6 cm³/mol. The summed E-state index contributed by atoms with van der Waals surface area (Å²) in [4.78, 5) is 11.8. The van der Waals surface area contributed by atoms with Gasteiger partial charge in [-0.2, -0.15) is 0 Å². The molecular formula is C17H30N4. The number of nitrogens with one attached hydrogen (secondary N) is 1. The summed E-state index contributed by atoms with van der Waals surface area (Å²) in [6.45, 7) is 13.0. The molecule has 1 N–H and O–H groups in total. The van der Waals surface area contributed by atoms with Gasteiger partial charge in [0, 0.05) is 36.1 Å². The summed E-state index contributed by atoms with van der Waals surface area (Å²) in [6.07, 6.45) is 5.68. The highest BCUT2D eigenvalue weighted by molar-refractivity contribution is 5.37. The van der Waals surface area contributed by atoms with Gasteiger partial charge in [-0.05, 0) is 45.6 Å². The van der Waals surface area contributed by atoms with E-state index in [-0.39, 0.29) is 0 Å². The molecule has 0 saturated carbocycles. The Labute approximate surface area is 129 Å². The molecule has 1 aliphatic rings. The molecule has 1 fully saturated rings. The number of rotatable bonds is 6. The predicted octanol–water partition coefficient (Wildman–Crippen LogP) is 3.30. The number of aromatic nitrogens is 2. The van der Waals surface area contributed by atoms with E-state index in [1.807, 2.05) is 6.20 Å². The molecule has 118 valence electrons. The van der Waals surface area contributed by atoms with Crippen LogP contribution in [0.25, 0.3) is 0 Å². The molecule has 2 heterocycles. The minimum absolute atomic E-state index is 0.555. The first-order valence-corrected chi connectivity index (χ1v) is 8.34. The largest absolute Gasteiger partial charge is 0.335 e. The highest BCUT2D eigenvalue weighted by atomic mass is 15.3. The van der Waals surface area contributed by atoms with Crippen LogP contribution in [0.5, 0.6) is 0 Å². The molecule has 4 heteroatoms. The van der Waals surface area contributed by atoms with Crippen molar-refractivity contribution in [3.63, 3.8) is 0 Å². The maximum Gasteiger partial charge on any atom is 0.226 e. The van der Waals surface area contributed by atoms with Gasteiger partial charge in [0.15, 0.2) is 0 Å². The zero-order valence-electron chi connectivity index (χ0n) is 14.2. The molecule has 0 aliphatic carbocycles. The second-order valence-electron chi connectivity index (χ2n) is 6.70. The van der Waals surface area contributed by atoms with E-state index in [1.165, 1.54) is 24.8 Å². The lowest BCUT2D eigenvalue weighted by Gasteiger charge is -2.28. The first kappa shape index (κ1) is 16.2. The van der Waals surface area contributed by atoms with Crippen molar-refractivity contribution in [2.24, 2.45) is 5.92 Å². The van der Waals surface area contributed by atoms with Crippen LogP contribution in [0.4, 0.5) is 5.95 Å². The normalized spacial score (nSPS) is 22.3. The van der Waals surface area contributed by atoms with E-state index in [4.69, 9.17) is 4.98 Å². The van der Waals surface area contributed by atoms with Gasteiger partial charge >= 0.3 is 0 Å². The summed E-state index contributed by atoms with van der Waals surface area (Å²) < 4.78 is 0. The van der Waals surface area contributed by atoms with E-state index in [0.29, 0.717) is 18.0 Å². The Hall–Kier alpha value is -1.16. The smallest absolute Gasteiger partial charge is 0.226 e. The topological polar surface area (TPSA) is 41.1 Å². The first-order valence-electron chi connectivity index (χ1n) is 8.34. The van der Waals surface area contributed by atoms with Crippen molar-refractivity contribution in [2.75, 3.05) is 11.4 Å².